The molecule has 8 heteroatoms. The van der Waals surface area contributed by atoms with Crippen molar-refractivity contribution < 1.29 is 8.83 Å². The van der Waals surface area contributed by atoms with Gasteiger partial charge >= 0.3 is 0 Å². The third kappa shape index (κ3) is 2.96. The normalized spacial score (nSPS) is 11.3. The number of hydrogen-bond donors (Lipinski definition) is 0. The van der Waals surface area contributed by atoms with Crippen molar-refractivity contribution in [2.75, 3.05) is 0 Å². The summed E-state index contributed by atoms with van der Waals surface area (Å²) in [7, 11) is 0. The molecule has 0 aliphatic carbocycles. The summed E-state index contributed by atoms with van der Waals surface area (Å²) in [5, 5.41) is 8.47. The Morgan fingerprint density at radius 3 is 2.88 bits per heavy atom. The van der Waals surface area contributed by atoms with E-state index in [1.165, 1.54) is 17.8 Å². The van der Waals surface area contributed by atoms with Crippen LogP contribution in [0.4, 0.5) is 0 Å². The van der Waals surface area contributed by atoms with Crippen molar-refractivity contribution in [1.29, 1.82) is 0 Å². The summed E-state index contributed by atoms with van der Waals surface area (Å²) in [4.78, 5) is 16.8. The van der Waals surface area contributed by atoms with E-state index < -0.39 is 0 Å². The van der Waals surface area contributed by atoms with E-state index in [0.29, 0.717) is 28.2 Å². The summed E-state index contributed by atoms with van der Waals surface area (Å²) in [5.74, 6) is 1.60. The van der Waals surface area contributed by atoms with E-state index in [2.05, 4.69) is 15.2 Å². The SMILES string of the molecule is Cc1occc1-c1nnc(SCc2cc(=O)n3c(C)cccc3n2)o1. The number of aryl methyl sites for hydroxylation is 2. The second kappa shape index (κ2) is 6.21. The lowest BCUT2D eigenvalue weighted by Crippen LogP contribution is -2.17. The first-order chi connectivity index (χ1) is 12.1. The molecular formula is C17H14N4O3S. The Hall–Kier alpha value is -2.87. The Morgan fingerprint density at radius 2 is 2.08 bits per heavy atom. The van der Waals surface area contributed by atoms with E-state index in [-0.39, 0.29) is 5.56 Å². The first kappa shape index (κ1) is 15.6. The van der Waals surface area contributed by atoms with Crippen LogP contribution in [-0.2, 0) is 5.75 Å². The van der Waals surface area contributed by atoms with Crippen LogP contribution in [0.3, 0.4) is 0 Å². The topological polar surface area (TPSA) is 86.4 Å². The molecule has 4 aromatic rings. The van der Waals surface area contributed by atoms with Gasteiger partial charge in [-0.3, -0.25) is 9.20 Å². The summed E-state index contributed by atoms with van der Waals surface area (Å²) in [5.41, 5.74) is 2.82. The molecule has 0 saturated carbocycles. The van der Waals surface area contributed by atoms with Crippen molar-refractivity contribution in [2.24, 2.45) is 0 Å². The number of fused-ring (bicyclic) bond motifs is 1. The number of aromatic nitrogens is 4. The molecule has 4 rings (SSSR count). The van der Waals surface area contributed by atoms with Gasteiger partial charge in [-0.2, -0.15) is 0 Å². The van der Waals surface area contributed by atoms with Gasteiger partial charge in [-0.1, -0.05) is 17.8 Å². The molecule has 0 amide bonds. The van der Waals surface area contributed by atoms with Crippen LogP contribution >= 0.6 is 11.8 Å². The molecule has 25 heavy (non-hydrogen) atoms. The molecule has 0 bridgehead atoms. The van der Waals surface area contributed by atoms with E-state index >= 15 is 0 Å². The molecule has 0 aromatic carbocycles. The Kier molecular flexibility index (Phi) is 3.89. The van der Waals surface area contributed by atoms with Crippen molar-refractivity contribution in [1.82, 2.24) is 19.6 Å². The summed E-state index contributed by atoms with van der Waals surface area (Å²) in [6.45, 7) is 3.71. The van der Waals surface area contributed by atoms with Crippen molar-refractivity contribution in [2.45, 2.75) is 24.8 Å². The zero-order chi connectivity index (χ0) is 17.4. The lowest BCUT2D eigenvalue weighted by Gasteiger charge is -2.05. The van der Waals surface area contributed by atoms with Crippen LogP contribution in [0.25, 0.3) is 17.1 Å². The molecule has 0 unspecified atom stereocenters. The molecule has 0 saturated heterocycles. The molecule has 0 radical (unpaired) electrons. The number of thioether (sulfide) groups is 1. The van der Waals surface area contributed by atoms with Gasteiger partial charge in [0.05, 0.1) is 17.5 Å². The van der Waals surface area contributed by atoms with Crippen LogP contribution in [0, 0.1) is 13.8 Å². The first-order valence-corrected chi connectivity index (χ1v) is 8.59. The van der Waals surface area contributed by atoms with E-state index in [9.17, 15) is 4.79 Å². The smallest absolute Gasteiger partial charge is 0.277 e. The molecule has 0 aliphatic rings. The van der Waals surface area contributed by atoms with Gasteiger partial charge in [-0.05, 0) is 32.0 Å². The van der Waals surface area contributed by atoms with Crippen LogP contribution in [0.2, 0.25) is 0 Å². The van der Waals surface area contributed by atoms with E-state index in [1.807, 2.05) is 32.0 Å². The summed E-state index contributed by atoms with van der Waals surface area (Å²) >= 11 is 1.34. The Morgan fingerprint density at radius 1 is 1.20 bits per heavy atom. The van der Waals surface area contributed by atoms with Gasteiger partial charge < -0.3 is 8.83 Å². The monoisotopic (exact) mass is 354 g/mol. The third-order valence-corrected chi connectivity index (χ3v) is 4.62. The second-order valence-electron chi connectivity index (χ2n) is 5.50. The number of furan rings is 1. The Labute approximate surface area is 146 Å². The molecule has 4 aromatic heterocycles. The minimum atomic E-state index is -0.0982. The van der Waals surface area contributed by atoms with E-state index in [4.69, 9.17) is 8.83 Å². The van der Waals surface area contributed by atoms with Crippen LogP contribution in [0.15, 0.2) is 55.4 Å². The maximum absolute atomic E-state index is 12.3. The van der Waals surface area contributed by atoms with Gasteiger partial charge in [0.15, 0.2) is 0 Å². The highest BCUT2D eigenvalue weighted by atomic mass is 32.2. The average molecular weight is 354 g/mol. The molecule has 0 fully saturated rings. The average Bonchev–Trinajstić information content (AvgIpc) is 3.21. The number of hydrogen-bond acceptors (Lipinski definition) is 7. The highest BCUT2D eigenvalue weighted by molar-refractivity contribution is 7.98. The van der Waals surface area contributed by atoms with Gasteiger partial charge in [-0.25, -0.2) is 4.98 Å². The van der Waals surface area contributed by atoms with Gasteiger partial charge in [0, 0.05) is 17.5 Å². The number of pyridine rings is 1. The Bertz CT molecular complexity index is 1110. The largest absolute Gasteiger partial charge is 0.469 e. The van der Waals surface area contributed by atoms with Crippen molar-refractivity contribution in [3.05, 3.63) is 64.1 Å². The molecule has 0 aliphatic heterocycles. The molecule has 7 nitrogen and oxygen atoms in total. The zero-order valence-corrected chi connectivity index (χ0v) is 14.4. The van der Waals surface area contributed by atoms with Gasteiger partial charge in [0.25, 0.3) is 16.7 Å². The van der Waals surface area contributed by atoms with Gasteiger partial charge in [0.2, 0.25) is 0 Å². The fourth-order valence-corrected chi connectivity index (χ4v) is 3.21. The summed E-state index contributed by atoms with van der Waals surface area (Å²) < 4.78 is 12.5. The summed E-state index contributed by atoms with van der Waals surface area (Å²) in [6.07, 6.45) is 1.58. The van der Waals surface area contributed by atoms with E-state index in [0.717, 1.165) is 17.0 Å². The van der Waals surface area contributed by atoms with Crippen molar-refractivity contribution >= 4 is 17.4 Å². The molecule has 0 N–H and O–H groups in total. The predicted octanol–water partition coefficient (Wildman–Crippen LogP) is 3.25. The zero-order valence-electron chi connectivity index (χ0n) is 13.6. The number of nitrogens with zero attached hydrogens (tertiary/aromatic N) is 4. The molecule has 4 heterocycles. The lowest BCUT2D eigenvalue weighted by molar-refractivity contribution is 0.463. The van der Waals surface area contributed by atoms with Crippen LogP contribution in [-0.4, -0.2) is 19.6 Å². The highest BCUT2D eigenvalue weighted by Gasteiger charge is 2.14. The quantitative estimate of drug-likeness (QED) is 0.520. The molecule has 126 valence electrons. The lowest BCUT2D eigenvalue weighted by atomic mass is 10.3. The fraction of sp³-hybridized carbons (Fsp3) is 0.176. The van der Waals surface area contributed by atoms with Crippen LogP contribution in [0.5, 0.6) is 0 Å². The minimum Gasteiger partial charge on any atom is -0.469 e. The minimum absolute atomic E-state index is 0.0982. The third-order valence-electron chi connectivity index (χ3n) is 3.77. The van der Waals surface area contributed by atoms with Gasteiger partial charge in [-0.15, -0.1) is 10.2 Å². The van der Waals surface area contributed by atoms with E-state index in [1.54, 1.807) is 16.7 Å². The summed E-state index contributed by atoms with van der Waals surface area (Å²) in [6, 6.07) is 8.89. The van der Waals surface area contributed by atoms with Crippen LogP contribution < -0.4 is 5.56 Å². The molecular weight excluding hydrogens is 340 g/mol. The van der Waals surface area contributed by atoms with Crippen LogP contribution in [0.1, 0.15) is 17.1 Å². The molecule has 0 atom stereocenters. The first-order valence-electron chi connectivity index (χ1n) is 7.61. The van der Waals surface area contributed by atoms with Gasteiger partial charge in [0.1, 0.15) is 11.4 Å². The molecule has 0 spiro atoms. The standard InChI is InChI=1S/C17H14N4O3S/c1-10-4-3-5-14-18-12(8-15(22)21(10)14)9-25-17-20-19-16(24-17)13-6-7-23-11(13)2/h3-8H,9H2,1-2H3. The highest BCUT2D eigenvalue weighted by Crippen LogP contribution is 2.27. The maximum atomic E-state index is 12.3. The fourth-order valence-electron chi connectivity index (χ4n) is 2.56. The maximum Gasteiger partial charge on any atom is 0.277 e. The predicted molar refractivity (Wildman–Crippen MR) is 92.5 cm³/mol. The van der Waals surface area contributed by atoms with Crippen molar-refractivity contribution in [3.8, 4) is 11.5 Å². The Balaban J connectivity index is 1.56. The second-order valence-corrected chi connectivity index (χ2v) is 6.43. The van der Waals surface area contributed by atoms with Crippen molar-refractivity contribution in [3.63, 3.8) is 0 Å². The number of rotatable bonds is 4.